The second-order valence-electron chi connectivity index (χ2n) is 1.24. The second kappa shape index (κ2) is 4.90. The number of hydrogen-bond acceptors (Lipinski definition) is 1. The van der Waals surface area contributed by atoms with Crippen molar-refractivity contribution < 1.29 is 8.76 Å². The zero-order chi connectivity index (χ0) is 6.57. The summed E-state index contributed by atoms with van der Waals surface area (Å²) >= 11 is 4.66. The lowest BCUT2D eigenvalue weighted by Gasteiger charge is -1.98. The van der Waals surface area contributed by atoms with Gasteiger partial charge in [-0.2, -0.15) is 0 Å². The highest BCUT2D eigenvalue weighted by molar-refractivity contribution is 9.12. The lowest BCUT2D eigenvalue weighted by Crippen LogP contribution is -2.10. The van der Waals surface area contributed by atoms with Gasteiger partial charge in [0.15, 0.2) is 11.1 Å². The highest BCUT2D eigenvalue weighted by atomic mass is 79.9. The van der Waals surface area contributed by atoms with E-state index in [-0.39, 0.29) is 10.6 Å². The summed E-state index contributed by atoms with van der Waals surface area (Å²) in [4.78, 5) is 0.105. The van der Waals surface area contributed by atoms with Crippen LogP contribution in [0.1, 0.15) is 0 Å². The van der Waals surface area contributed by atoms with Gasteiger partial charge in [0.2, 0.25) is 0 Å². The third-order valence-electron chi connectivity index (χ3n) is 0.491. The maximum Gasteiger partial charge on any atom is 0.153 e. The zero-order valence-corrected chi connectivity index (χ0v) is 8.00. The third-order valence-corrected chi connectivity index (χ3v) is 3.90. The van der Waals surface area contributed by atoms with Crippen LogP contribution in [0.25, 0.3) is 0 Å². The van der Waals surface area contributed by atoms with E-state index in [1.54, 1.807) is 0 Å². The minimum absolute atomic E-state index is 0.105. The molecule has 0 heterocycles. The monoisotopic (exact) mass is 264 g/mol. The summed E-state index contributed by atoms with van der Waals surface area (Å²) in [5.74, 6) is 0.283. The Balaban J connectivity index is 3.24. The van der Waals surface area contributed by atoms with Crippen LogP contribution in [0.4, 0.5) is 0 Å². The molecular weight excluding hydrogens is 260 g/mol. The van der Waals surface area contributed by atoms with Gasteiger partial charge in [0, 0.05) is 10.2 Å². The van der Waals surface area contributed by atoms with Crippen LogP contribution in [0.15, 0.2) is 0 Å². The minimum Gasteiger partial charge on any atom is -0.306 e. The topological polar surface area (TPSA) is 37.3 Å². The largest absolute Gasteiger partial charge is 0.306 e. The van der Waals surface area contributed by atoms with Crippen molar-refractivity contribution in [3.8, 4) is 0 Å². The van der Waals surface area contributed by atoms with Crippen molar-refractivity contribution >= 4 is 42.9 Å². The van der Waals surface area contributed by atoms with Crippen LogP contribution in [0.3, 0.4) is 0 Å². The molecule has 0 aliphatic heterocycles. The standard InChI is InChI=1S/C3H6Br2O2S/c4-1-3(5)2-8(6)7/h3H,1-2H2,(H,6,7). The number of hydrogen-bond donors (Lipinski definition) is 1. The molecule has 5 heteroatoms. The predicted octanol–water partition coefficient (Wildman–Crippen LogP) is 1.37. The van der Waals surface area contributed by atoms with Gasteiger partial charge in [0.25, 0.3) is 0 Å². The van der Waals surface area contributed by atoms with Crippen LogP contribution in [0.5, 0.6) is 0 Å². The molecule has 50 valence electrons. The Morgan fingerprint density at radius 2 is 2.25 bits per heavy atom. The Labute approximate surface area is 67.6 Å². The van der Waals surface area contributed by atoms with Crippen molar-refractivity contribution in [1.82, 2.24) is 0 Å². The van der Waals surface area contributed by atoms with E-state index in [1.807, 2.05) is 0 Å². The van der Waals surface area contributed by atoms with E-state index >= 15 is 0 Å². The maximum atomic E-state index is 10.0. The molecule has 2 nitrogen and oxygen atoms in total. The van der Waals surface area contributed by atoms with Gasteiger partial charge < -0.3 is 4.55 Å². The highest BCUT2D eigenvalue weighted by Crippen LogP contribution is 2.03. The number of halogens is 2. The van der Waals surface area contributed by atoms with Gasteiger partial charge in [0.1, 0.15) is 0 Å². The minimum atomic E-state index is -1.67. The molecule has 0 bridgehead atoms. The summed E-state index contributed by atoms with van der Waals surface area (Å²) in [6.07, 6.45) is 0. The van der Waals surface area contributed by atoms with Gasteiger partial charge in [-0.05, 0) is 0 Å². The zero-order valence-electron chi connectivity index (χ0n) is 4.01. The Morgan fingerprint density at radius 1 is 1.75 bits per heavy atom. The van der Waals surface area contributed by atoms with Crippen LogP contribution >= 0.6 is 31.9 Å². The molecular formula is C3H6Br2O2S. The molecule has 0 aromatic rings. The molecule has 0 fully saturated rings. The third kappa shape index (κ3) is 5.21. The van der Waals surface area contributed by atoms with Gasteiger partial charge in [-0.15, -0.1) is 0 Å². The first kappa shape index (κ1) is 9.07. The predicted molar refractivity (Wildman–Crippen MR) is 42.1 cm³/mol. The first-order valence-corrected chi connectivity index (χ1v) is 5.25. The summed E-state index contributed by atoms with van der Waals surface area (Å²) in [6.45, 7) is 0. The SMILES string of the molecule is O=S(O)CC(Br)CBr. The molecule has 2 atom stereocenters. The summed E-state index contributed by atoms with van der Waals surface area (Å²) in [5, 5.41) is 0.708. The quantitative estimate of drug-likeness (QED) is 0.618. The van der Waals surface area contributed by atoms with Gasteiger partial charge in [0.05, 0.1) is 5.75 Å². The van der Waals surface area contributed by atoms with Gasteiger partial charge in [-0.25, -0.2) is 4.21 Å². The summed E-state index contributed by atoms with van der Waals surface area (Å²) < 4.78 is 18.3. The molecule has 0 aliphatic carbocycles. The molecule has 0 aliphatic rings. The van der Waals surface area contributed by atoms with Crippen molar-refractivity contribution in [2.75, 3.05) is 11.1 Å². The van der Waals surface area contributed by atoms with Gasteiger partial charge in [-0.1, -0.05) is 31.9 Å². The molecule has 0 rings (SSSR count). The smallest absolute Gasteiger partial charge is 0.153 e. The van der Waals surface area contributed by atoms with Crippen molar-refractivity contribution in [2.45, 2.75) is 4.83 Å². The fourth-order valence-corrected chi connectivity index (χ4v) is 1.84. The summed E-state index contributed by atoms with van der Waals surface area (Å²) in [7, 11) is 0. The van der Waals surface area contributed by atoms with E-state index in [0.717, 1.165) is 0 Å². The molecule has 0 saturated heterocycles. The molecule has 0 radical (unpaired) electrons. The molecule has 0 saturated carbocycles. The van der Waals surface area contributed by atoms with Crippen molar-refractivity contribution in [3.63, 3.8) is 0 Å². The van der Waals surface area contributed by atoms with Gasteiger partial charge >= 0.3 is 0 Å². The molecule has 0 aromatic heterocycles. The summed E-state index contributed by atoms with van der Waals surface area (Å²) in [5.41, 5.74) is 0. The lowest BCUT2D eigenvalue weighted by atomic mass is 10.6. The highest BCUT2D eigenvalue weighted by Gasteiger charge is 2.03. The van der Waals surface area contributed by atoms with Crippen LogP contribution < -0.4 is 0 Å². The van der Waals surface area contributed by atoms with Gasteiger partial charge in [-0.3, -0.25) is 0 Å². The Hall–Kier alpha value is 1.07. The average Bonchev–Trinajstić information content (AvgIpc) is 1.65. The first-order chi connectivity index (χ1) is 3.66. The fourth-order valence-electron chi connectivity index (χ4n) is 0.199. The van der Waals surface area contributed by atoms with E-state index in [0.29, 0.717) is 5.33 Å². The Morgan fingerprint density at radius 3 is 2.38 bits per heavy atom. The van der Waals surface area contributed by atoms with Crippen LogP contribution in [0, 0.1) is 0 Å². The van der Waals surface area contributed by atoms with E-state index in [2.05, 4.69) is 31.9 Å². The van der Waals surface area contributed by atoms with Crippen molar-refractivity contribution in [3.05, 3.63) is 0 Å². The van der Waals surface area contributed by atoms with Crippen LogP contribution in [-0.4, -0.2) is 24.7 Å². The normalized spacial score (nSPS) is 17.9. The maximum absolute atomic E-state index is 10.0. The van der Waals surface area contributed by atoms with Crippen LogP contribution in [0.2, 0.25) is 0 Å². The van der Waals surface area contributed by atoms with E-state index in [9.17, 15) is 4.21 Å². The Kier molecular flexibility index (Phi) is 5.56. The van der Waals surface area contributed by atoms with E-state index in [4.69, 9.17) is 4.55 Å². The van der Waals surface area contributed by atoms with Crippen molar-refractivity contribution in [1.29, 1.82) is 0 Å². The average molecular weight is 266 g/mol. The molecule has 0 spiro atoms. The fraction of sp³-hybridized carbons (Fsp3) is 1.00. The molecule has 8 heavy (non-hydrogen) atoms. The van der Waals surface area contributed by atoms with E-state index in [1.165, 1.54) is 0 Å². The first-order valence-electron chi connectivity index (χ1n) is 1.94. The molecule has 0 amide bonds. The lowest BCUT2D eigenvalue weighted by molar-refractivity contribution is 0.564. The number of alkyl halides is 2. The Bertz CT molecular complexity index is 87.4. The van der Waals surface area contributed by atoms with E-state index < -0.39 is 11.1 Å². The molecule has 2 unspecified atom stereocenters. The molecule has 1 N–H and O–H groups in total. The van der Waals surface area contributed by atoms with Crippen LogP contribution in [-0.2, 0) is 11.1 Å². The number of rotatable bonds is 3. The van der Waals surface area contributed by atoms with Crippen molar-refractivity contribution in [2.24, 2.45) is 0 Å². The summed E-state index contributed by atoms with van der Waals surface area (Å²) in [6, 6.07) is 0. The second-order valence-corrected chi connectivity index (χ2v) is 4.16. The molecule has 0 aromatic carbocycles.